The molecule has 1 aliphatic heterocycles. The van der Waals surface area contributed by atoms with E-state index in [0.29, 0.717) is 19.4 Å². The fraction of sp³-hybridized carbons (Fsp3) is 0.650. The second-order valence-electron chi connectivity index (χ2n) is 7.40. The number of nitrogens with one attached hydrogen (secondary N) is 2. The number of carbonyl (C=O) groups excluding carboxylic acids is 3. The predicted molar refractivity (Wildman–Crippen MR) is 109 cm³/mol. The van der Waals surface area contributed by atoms with Crippen LogP contribution in [0.3, 0.4) is 0 Å². The Balaban J connectivity index is 2.63. The lowest BCUT2D eigenvalue weighted by molar-refractivity contribution is -0.142. The molecule has 1 saturated heterocycles. The van der Waals surface area contributed by atoms with Crippen molar-refractivity contribution in [3.63, 3.8) is 0 Å². The standard InChI is InChI=1S/C20H27F2N5O5/c1-3-6-13(18(30)26-14(19(31)32)7-4-5-10-23)25-16(28)8-9-17(29)27-12-20(21,22)11-15(27)24-2/h1,13-15H,4-12,23H2,(H,25,28)(H,26,30)(H,31,32)/t13-,14-,15-/m0/s1. The van der Waals surface area contributed by atoms with Crippen LogP contribution in [0.2, 0.25) is 0 Å². The Bertz CT molecular complexity index is 792. The van der Waals surface area contributed by atoms with E-state index in [9.17, 15) is 33.1 Å². The number of likely N-dealkylation sites (tertiary alicyclic amines) is 1. The number of aliphatic carboxylic acids is 1. The molecule has 3 atom stereocenters. The third-order valence-electron chi connectivity index (χ3n) is 4.81. The summed E-state index contributed by atoms with van der Waals surface area (Å²) < 4.78 is 26.9. The summed E-state index contributed by atoms with van der Waals surface area (Å²) in [6, 6.07) is -2.42. The smallest absolute Gasteiger partial charge is 0.326 e. The highest BCUT2D eigenvalue weighted by molar-refractivity contribution is 5.91. The number of amides is 3. The molecule has 3 amide bonds. The number of carboxylic acids is 1. The zero-order valence-electron chi connectivity index (χ0n) is 17.5. The van der Waals surface area contributed by atoms with Crippen molar-refractivity contribution in [2.24, 2.45) is 5.73 Å². The first-order valence-electron chi connectivity index (χ1n) is 10.0. The van der Waals surface area contributed by atoms with Crippen molar-refractivity contribution in [3.05, 3.63) is 11.4 Å². The van der Waals surface area contributed by atoms with Crippen molar-refractivity contribution in [3.8, 4) is 12.3 Å². The van der Waals surface area contributed by atoms with Gasteiger partial charge in [-0.15, -0.1) is 12.3 Å². The monoisotopic (exact) mass is 455 g/mol. The number of hydrogen-bond donors (Lipinski definition) is 4. The number of rotatable bonds is 12. The van der Waals surface area contributed by atoms with Crippen LogP contribution in [-0.4, -0.2) is 71.0 Å². The molecule has 0 spiro atoms. The van der Waals surface area contributed by atoms with Crippen LogP contribution in [0.5, 0.6) is 0 Å². The normalized spacial score (nSPS) is 18.7. The molecule has 0 aliphatic carbocycles. The Kier molecular flexibility index (Phi) is 10.5. The molecular weight excluding hydrogens is 428 g/mol. The molecule has 0 aromatic rings. The third kappa shape index (κ3) is 8.47. The van der Waals surface area contributed by atoms with Crippen LogP contribution in [0.4, 0.5) is 8.78 Å². The van der Waals surface area contributed by atoms with E-state index in [1.165, 1.54) is 0 Å². The van der Waals surface area contributed by atoms with Crippen molar-refractivity contribution >= 4 is 23.7 Å². The van der Waals surface area contributed by atoms with E-state index in [0.717, 1.165) is 4.90 Å². The van der Waals surface area contributed by atoms with Gasteiger partial charge in [-0.3, -0.25) is 24.1 Å². The Labute approximate surface area is 184 Å². The van der Waals surface area contributed by atoms with Crippen LogP contribution >= 0.6 is 0 Å². The Morgan fingerprint density at radius 1 is 1.25 bits per heavy atom. The van der Waals surface area contributed by atoms with Gasteiger partial charge in [0, 0.05) is 19.3 Å². The van der Waals surface area contributed by atoms with Gasteiger partial charge in [-0.2, -0.15) is 0 Å². The molecule has 0 radical (unpaired) electrons. The second kappa shape index (κ2) is 12.6. The van der Waals surface area contributed by atoms with Crippen LogP contribution in [0.25, 0.3) is 4.85 Å². The summed E-state index contributed by atoms with van der Waals surface area (Å²) in [6.07, 6.45) is 3.30. The highest BCUT2D eigenvalue weighted by Crippen LogP contribution is 2.33. The van der Waals surface area contributed by atoms with E-state index in [4.69, 9.17) is 18.7 Å². The van der Waals surface area contributed by atoms with Crippen LogP contribution < -0.4 is 16.4 Å². The van der Waals surface area contributed by atoms with Gasteiger partial charge < -0.3 is 21.5 Å². The van der Waals surface area contributed by atoms with Gasteiger partial charge in [0.2, 0.25) is 17.7 Å². The summed E-state index contributed by atoms with van der Waals surface area (Å²) in [5.74, 6) is -4.51. The number of alkyl halides is 2. The summed E-state index contributed by atoms with van der Waals surface area (Å²) in [6.45, 7) is 6.44. The summed E-state index contributed by atoms with van der Waals surface area (Å²) in [4.78, 5) is 51.9. The number of hydrogen-bond acceptors (Lipinski definition) is 5. The maximum atomic E-state index is 13.5. The minimum atomic E-state index is -3.16. The van der Waals surface area contributed by atoms with Gasteiger partial charge >= 0.3 is 12.1 Å². The molecule has 1 aliphatic rings. The number of terminal acetylenes is 1. The first-order chi connectivity index (χ1) is 15.0. The third-order valence-corrected chi connectivity index (χ3v) is 4.81. The molecule has 1 fully saturated rings. The van der Waals surface area contributed by atoms with Crippen molar-refractivity contribution in [2.75, 3.05) is 13.1 Å². The number of nitrogens with zero attached hydrogens (tertiary/aromatic N) is 2. The number of unbranched alkanes of at least 4 members (excludes halogenated alkanes) is 1. The number of halogens is 2. The molecule has 176 valence electrons. The van der Waals surface area contributed by atoms with E-state index in [-0.39, 0.29) is 12.8 Å². The molecule has 0 aromatic carbocycles. The quantitative estimate of drug-likeness (QED) is 0.186. The molecule has 12 heteroatoms. The van der Waals surface area contributed by atoms with Crippen molar-refractivity contribution < 1.29 is 33.1 Å². The summed E-state index contributed by atoms with van der Waals surface area (Å²) >= 11 is 0. The van der Waals surface area contributed by atoms with Crippen molar-refractivity contribution in [2.45, 2.75) is 69.1 Å². The van der Waals surface area contributed by atoms with Gasteiger partial charge in [-0.1, -0.05) is 0 Å². The maximum Gasteiger partial charge on any atom is 0.326 e. The van der Waals surface area contributed by atoms with E-state index in [1.54, 1.807) is 0 Å². The Morgan fingerprint density at radius 3 is 2.50 bits per heavy atom. The zero-order valence-corrected chi connectivity index (χ0v) is 17.5. The lowest BCUT2D eigenvalue weighted by atomic mass is 10.1. The minimum absolute atomic E-state index is 0.145. The van der Waals surface area contributed by atoms with Crippen molar-refractivity contribution in [1.29, 1.82) is 0 Å². The number of carbonyl (C=O) groups is 4. The van der Waals surface area contributed by atoms with E-state index in [1.807, 2.05) is 0 Å². The largest absolute Gasteiger partial charge is 0.480 e. The van der Waals surface area contributed by atoms with Crippen LogP contribution in [0.1, 0.15) is 44.9 Å². The first kappa shape index (κ1) is 26.8. The SMILES string of the molecule is [C-]#[N+][C@@H]1CC(F)(F)CN1C(=O)CCC(=O)N[C@@H](CC#C)C(=O)N[C@@H](CCCCN)C(=O)O. The van der Waals surface area contributed by atoms with Crippen LogP contribution in [-0.2, 0) is 19.2 Å². The zero-order chi connectivity index (χ0) is 24.3. The maximum absolute atomic E-state index is 13.5. The van der Waals surface area contributed by atoms with Gasteiger partial charge in [0.15, 0.2) is 0 Å². The Morgan fingerprint density at radius 2 is 1.94 bits per heavy atom. The molecular formula is C20H27F2N5O5. The molecule has 0 bridgehead atoms. The number of nitrogens with two attached hydrogens (primary N) is 1. The molecule has 0 unspecified atom stereocenters. The molecule has 1 rings (SSSR count). The van der Waals surface area contributed by atoms with Crippen LogP contribution in [0, 0.1) is 18.9 Å². The molecule has 1 heterocycles. The lowest BCUT2D eigenvalue weighted by Gasteiger charge is -2.20. The Hall–Kier alpha value is -3.25. The summed E-state index contributed by atoms with van der Waals surface area (Å²) in [5, 5.41) is 13.9. The minimum Gasteiger partial charge on any atom is -0.480 e. The van der Waals surface area contributed by atoms with Crippen molar-refractivity contribution in [1.82, 2.24) is 15.5 Å². The number of carboxylic acid groups (broad SMARTS) is 1. The first-order valence-corrected chi connectivity index (χ1v) is 10.0. The fourth-order valence-electron chi connectivity index (χ4n) is 3.15. The summed E-state index contributed by atoms with van der Waals surface area (Å²) in [5.41, 5.74) is 5.37. The highest BCUT2D eigenvalue weighted by Gasteiger charge is 2.50. The van der Waals surface area contributed by atoms with Gasteiger partial charge in [0.05, 0.1) is 6.54 Å². The summed E-state index contributed by atoms with van der Waals surface area (Å²) in [7, 11) is 0. The topological polar surface area (TPSA) is 146 Å². The molecule has 0 saturated carbocycles. The molecule has 0 aromatic heterocycles. The van der Waals surface area contributed by atoms with Gasteiger partial charge in [-0.05, 0) is 25.8 Å². The highest BCUT2D eigenvalue weighted by atomic mass is 19.3. The molecule has 32 heavy (non-hydrogen) atoms. The average molecular weight is 455 g/mol. The van der Waals surface area contributed by atoms with E-state index < -0.39 is 73.7 Å². The average Bonchev–Trinajstić information content (AvgIpc) is 3.05. The van der Waals surface area contributed by atoms with Gasteiger partial charge in [0.1, 0.15) is 18.5 Å². The van der Waals surface area contributed by atoms with Crippen LogP contribution in [0.15, 0.2) is 0 Å². The fourth-order valence-corrected chi connectivity index (χ4v) is 3.15. The molecule has 5 N–H and O–H groups in total. The second-order valence-corrected chi connectivity index (χ2v) is 7.40. The lowest BCUT2D eigenvalue weighted by Crippen LogP contribution is -2.51. The predicted octanol–water partition coefficient (Wildman–Crippen LogP) is 0.0861. The van der Waals surface area contributed by atoms with Gasteiger partial charge in [0.25, 0.3) is 5.92 Å². The van der Waals surface area contributed by atoms with E-state index >= 15 is 0 Å². The van der Waals surface area contributed by atoms with E-state index in [2.05, 4.69) is 21.4 Å². The van der Waals surface area contributed by atoms with Gasteiger partial charge in [-0.25, -0.2) is 20.1 Å². The molecule has 10 nitrogen and oxygen atoms in total.